The van der Waals surface area contributed by atoms with Gasteiger partial charge in [-0.1, -0.05) is 29.8 Å². The number of amides is 1. The fraction of sp³-hybridized carbons (Fsp3) is 0.250. The van der Waals surface area contributed by atoms with Crippen LogP contribution in [0.1, 0.15) is 15.9 Å². The lowest BCUT2D eigenvalue weighted by Crippen LogP contribution is -2.46. The molecule has 1 aliphatic heterocycles. The summed E-state index contributed by atoms with van der Waals surface area (Å²) < 4.78 is 5.27. The van der Waals surface area contributed by atoms with Crippen molar-refractivity contribution in [2.24, 2.45) is 0 Å². The molecule has 1 N–H and O–H groups in total. The molecule has 0 spiro atoms. The lowest BCUT2D eigenvalue weighted by Gasteiger charge is -2.35. The molecule has 6 nitrogen and oxygen atoms in total. The smallest absolute Gasteiger partial charge is 0.259 e. The molecule has 4 rings (SSSR count). The van der Waals surface area contributed by atoms with Gasteiger partial charge in [-0.15, -0.1) is 0 Å². The van der Waals surface area contributed by atoms with Crippen molar-refractivity contribution in [3.8, 4) is 5.75 Å². The maximum atomic E-state index is 12.6. The summed E-state index contributed by atoms with van der Waals surface area (Å²) in [5.41, 5.74) is 2.35. The molecule has 1 fully saturated rings. The quantitative estimate of drug-likeness (QED) is 0.623. The van der Waals surface area contributed by atoms with Gasteiger partial charge < -0.3 is 15.0 Å². The van der Waals surface area contributed by atoms with Crippen LogP contribution in [-0.4, -0.2) is 49.1 Å². The first-order chi connectivity index (χ1) is 15.1. The third-order valence-electron chi connectivity index (χ3n) is 5.37. The van der Waals surface area contributed by atoms with Crippen LogP contribution in [0.3, 0.4) is 0 Å². The fourth-order valence-electron chi connectivity index (χ4n) is 3.68. The molecule has 0 unspecified atom stereocenters. The average Bonchev–Trinajstić information content (AvgIpc) is 2.81. The number of hydrogen-bond donors (Lipinski definition) is 1. The molecule has 2 aromatic carbocycles. The number of aromatic nitrogens is 1. The highest BCUT2D eigenvalue weighted by atomic mass is 35.5. The van der Waals surface area contributed by atoms with Gasteiger partial charge in [0.15, 0.2) is 0 Å². The Kier molecular flexibility index (Phi) is 6.70. The van der Waals surface area contributed by atoms with Gasteiger partial charge in [0.1, 0.15) is 11.6 Å². The fourth-order valence-corrected chi connectivity index (χ4v) is 3.86. The third-order valence-corrected chi connectivity index (χ3v) is 5.60. The number of pyridine rings is 1. The maximum Gasteiger partial charge on any atom is 0.259 e. The van der Waals surface area contributed by atoms with Gasteiger partial charge in [0.2, 0.25) is 0 Å². The predicted molar refractivity (Wildman–Crippen MR) is 124 cm³/mol. The number of nitrogens with zero attached hydrogens (tertiary/aromatic N) is 3. The zero-order valence-electron chi connectivity index (χ0n) is 17.4. The molecule has 3 aromatic rings. The van der Waals surface area contributed by atoms with Crippen LogP contribution in [0.5, 0.6) is 5.75 Å². The van der Waals surface area contributed by atoms with Crippen molar-refractivity contribution in [2.45, 2.75) is 6.54 Å². The summed E-state index contributed by atoms with van der Waals surface area (Å²) >= 11 is 6.03. The second-order valence-corrected chi connectivity index (χ2v) is 7.88. The molecule has 7 heteroatoms. The van der Waals surface area contributed by atoms with Crippen molar-refractivity contribution in [2.75, 3.05) is 43.5 Å². The summed E-state index contributed by atoms with van der Waals surface area (Å²) in [6.07, 6.45) is 1.84. The van der Waals surface area contributed by atoms with Gasteiger partial charge >= 0.3 is 0 Å². The number of methoxy groups -OCH3 is 1. The minimum atomic E-state index is -0.252. The van der Waals surface area contributed by atoms with Gasteiger partial charge in [0.05, 0.1) is 12.7 Å². The van der Waals surface area contributed by atoms with E-state index in [2.05, 4.69) is 38.3 Å². The van der Waals surface area contributed by atoms with Crippen molar-refractivity contribution < 1.29 is 9.53 Å². The van der Waals surface area contributed by atoms with Gasteiger partial charge in [-0.05, 0) is 48.0 Å². The number of anilines is 2. The van der Waals surface area contributed by atoms with Gasteiger partial charge in [0.25, 0.3) is 5.91 Å². The highest BCUT2D eigenvalue weighted by molar-refractivity contribution is 6.31. The minimum Gasteiger partial charge on any atom is -0.496 e. The third kappa shape index (κ3) is 5.34. The molecule has 0 saturated carbocycles. The molecular formula is C24H25ClN4O2. The van der Waals surface area contributed by atoms with E-state index in [-0.39, 0.29) is 5.91 Å². The van der Waals surface area contributed by atoms with E-state index in [1.54, 1.807) is 18.2 Å². The monoisotopic (exact) mass is 436 g/mol. The van der Waals surface area contributed by atoms with Crippen LogP contribution >= 0.6 is 11.6 Å². The highest BCUT2D eigenvalue weighted by Crippen LogP contribution is 2.24. The van der Waals surface area contributed by atoms with E-state index >= 15 is 0 Å². The van der Waals surface area contributed by atoms with Crippen LogP contribution in [0.25, 0.3) is 0 Å². The van der Waals surface area contributed by atoms with Crippen molar-refractivity contribution in [3.63, 3.8) is 0 Å². The molecular weight excluding hydrogens is 412 g/mol. The van der Waals surface area contributed by atoms with E-state index in [1.807, 2.05) is 30.5 Å². The molecule has 0 atom stereocenters. The molecule has 1 aliphatic rings. The van der Waals surface area contributed by atoms with Crippen molar-refractivity contribution >= 4 is 29.0 Å². The Morgan fingerprint density at radius 3 is 2.52 bits per heavy atom. The van der Waals surface area contributed by atoms with E-state index in [4.69, 9.17) is 16.3 Å². The number of ether oxygens (including phenoxy) is 1. The molecule has 0 bridgehead atoms. The first-order valence-electron chi connectivity index (χ1n) is 10.2. The number of rotatable bonds is 6. The number of hydrogen-bond acceptors (Lipinski definition) is 5. The van der Waals surface area contributed by atoms with E-state index in [0.717, 1.165) is 44.2 Å². The summed E-state index contributed by atoms with van der Waals surface area (Å²) in [7, 11) is 1.53. The predicted octanol–water partition coefficient (Wildman–Crippen LogP) is 4.32. The molecule has 0 aliphatic carbocycles. The summed E-state index contributed by atoms with van der Waals surface area (Å²) in [6.45, 7) is 4.79. The number of halogens is 1. The molecule has 1 aromatic heterocycles. The zero-order valence-corrected chi connectivity index (χ0v) is 18.2. The van der Waals surface area contributed by atoms with Crippen LogP contribution in [0.15, 0.2) is 66.9 Å². The summed E-state index contributed by atoms with van der Waals surface area (Å²) in [5.74, 6) is 1.28. The van der Waals surface area contributed by atoms with Crippen LogP contribution in [-0.2, 0) is 6.54 Å². The Balaban J connectivity index is 1.32. The number of benzene rings is 2. The Hall–Kier alpha value is -3.09. The Morgan fingerprint density at radius 1 is 1.06 bits per heavy atom. The van der Waals surface area contributed by atoms with Gasteiger partial charge in [-0.2, -0.15) is 0 Å². The van der Waals surface area contributed by atoms with Crippen molar-refractivity contribution in [1.82, 2.24) is 9.88 Å². The number of carbonyl (C=O) groups excluding carboxylic acids is 1. The molecule has 0 radical (unpaired) electrons. The van der Waals surface area contributed by atoms with E-state index in [9.17, 15) is 4.79 Å². The molecule has 1 saturated heterocycles. The maximum absolute atomic E-state index is 12.6. The second kappa shape index (κ2) is 9.81. The molecule has 1 amide bonds. The van der Waals surface area contributed by atoms with E-state index in [1.165, 1.54) is 12.7 Å². The zero-order chi connectivity index (χ0) is 21.6. The van der Waals surface area contributed by atoms with E-state index in [0.29, 0.717) is 16.3 Å². The second-order valence-electron chi connectivity index (χ2n) is 7.45. The lowest BCUT2D eigenvalue weighted by atomic mass is 10.1. The summed E-state index contributed by atoms with van der Waals surface area (Å²) in [6, 6.07) is 19.0. The average molecular weight is 437 g/mol. The Bertz CT molecular complexity index is 1020. The topological polar surface area (TPSA) is 57.7 Å². The number of nitrogens with one attached hydrogen (secondary N) is 1. The van der Waals surface area contributed by atoms with Crippen molar-refractivity contribution in [1.29, 1.82) is 0 Å². The SMILES string of the molecule is COc1ccc(Cl)cc1C(=O)Nc1ccc(CN2CCN(c3ccccn3)CC2)cc1. The molecule has 31 heavy (non-hydrogen) atoms. The first kappa shape index (κ1) is 21.2. The molecule has 2 heterocycles. The van der Waals surface area contributed by atoms with Crippen LogP contribution in [0, 0.1) is 0 Å². The Labute approximate surface area is 187 Å². The number of piperazine rings is 1. The summed E-state index contributed by atoms with van der Waals surface area (Å²) in [4.78, 5) is 21.8. The standard InChI is InChI=1S/C24H25ClN4O2/c1-31-22-10-7-19(25)16-21(22)24(30)27-20-8-5-18(6-9-20)17-28-12-14-29(15-13-28)23-4-2-3-11-26-23/h2-11,16H,12-15,17H2,1H3,(H,27,30). The van der Waals surface area contributed by atoms with Gasteiger partial charge in [-0.3, -0.25) is 9.69 Å². The lowest BCUT2D eigenvalue weighted by molar-refractivity contribution is 0.102. The van der Waals surface area contributed by atoms with Crippen LogP contribution in [0.2, 0.25) is 5.02 Å². The first-order valence-corrected chi connectivity index (χ1v) is 10.6. The van der Waals surface area contributed by atoms with Gasteiger partial charge in [-0.25, -0.2) is 4.98 Å². The van der Waals surface area contributed by atoms with E-state index < -0.39 is 0 Å². The highest BCUT2D eigenvalue weighted by Gasteiger charge is 2.18. The number of carbonyl (C=O) groups is 1. The Morgan fingerprint density at radius 2 is 1.84 bits per heavy atom. The normalized spacial score (nSPS) is 14.3. The van der Waals surface area contributed by atoms with Crippen molar-refractivity contribution in [3.05, 3.63) is 83.0 Å². The van der Waals surface area contributed by atoms with Gasteiger partial charge in [0, 0.05) is 49.6 Å². The largest absolute Gasteiger partial charge is 0.496 e. The summed E-state index contributed by atoms with van der Waals surface area (Å²) in [5, 5.41) is 3.40. The van der Waals surface area contributed by atoms with Crippen LogP contribution < -0.4 is 15.0 Å². The minimum absolute atomic E-state index is 0.252. The molecule has 160 valence electrons. The van der Waals surface area contributed by atoms with Crippen LogP contribution in [0.4, 0.5) is 11.5 Å².